The Kier molecular flexibility index (Phi) is 4.77. The van der Waals surface area contributed by atoms with E-state index in [1.807, 2.05) is 13.8 Å². The van der Waals surface area contributed by atoms with E-state index >= 15 is 0 Å². The van der Waals surface area contributed by atoms with E-state index < -0.39 is 16.6 Å². The van der Waals surface area contributed by atoms with Crippen LogP contribution in [0.3, 0.4) is 0 Å². The molecule has 5 heteroatoms. The van der Waals surface area contributed by atoms with Gasteiger partial charge in [0.1, 0.15) is 10.8 Å². The zero-order chi connectivity index (χ0) is 13.1. The molecule has 0 fully saturated rings. The van der Waals surface area contributed by atoms with E-state index in [1.165, 1.54) is 0 Å². The van der Waals surface area contributed by atoms with E-state index in [-0.39, 0.29) is 0 Å². The summed E-state index contributed by atoms with van der Waals surface area (Å²) in [5, 5.41) is 2.02. The van der Waals surface area contributed by atoms with Gasteiger partial charge in [0.25, 0.3) is 16.6 Å². The summed E-state index contributed by atoms with van der Waals surface area (Å²) in [4.78, 5) is 0. The monoisotopic (exact) mass is 272 g/mol. The molecule has 1 aromatic rings. The fourth-order valence-corrected chi connectivity index (χ4v) is 5.36. The smallest absolute Gasteiger partial charge is 0.257 e. The number of hydrogen-bond donors (Lipinski definition) is 0. The number of hydrogen-bond acceptors (Lipinski definition) is 3. The predicted molar refractivity (Wildman–Crippen MR) is 76.2 cm³/mol. The molecule has 3 nitrogen and oxygen atoms in total. The molecule has 0 atom stereocenters. The minimum Gasteiger partial charge on any atom is -0.470 e. The molecule has 0 saturated heterocycles. The summed E-state index contributed by atoms with van der Waals surface area (Å²) in [6, 6.07) is 4.12. The molecule has 0 unspecified atom stereocenters. The quantitative estimate of drug-likeness (QED) is 0.744. The molecule has 0 aliphatic rings. The molecule has 0 amide bonds. The third kappa shape index (κ3) is 3.54. The third-order valence-electron chi connectivity index (χ3n) is 2.80. The van der Waals surface area contributed by atoms with Gasteiger partial charge in [-0.3, -0.25) is 0 Å². The van der Waals surface area contributed by atoms with Crippen molar-refractivity contribution >= 4 is 27.4 Å². The van der Waals surface area contributed by atoms with E-state index in [0.717, 1.165) is 24.0 Å². The van der Waals surface area contributed by atoms with Crippen LogP contribution in [-0.4, -0.2) is 29.8 Å². The standard InChI is InChI=1S/C12H24O3Si2/c1-7-13-16(3,4)11-9-10-12(15-11)17(5,6)14-8-2/h9-10H,7-8H2,1-6H3. The van der Waals surface area contributed by atoms with Crippen LogP contribution in [0.1, 0.15) is 13.8 Å². The summed E-state index contributed by atoms with van der Waals surface area (Å²) in [6.45, 7) is 14.2. The highest BCUT2D eigenvalue weighted by Crippen LogP contribution is 2.09. The van der Waals surface area contributed by atoms with Crippen LogP contribution in [0.5, 0.6) is 0 Å². The molecule has 98 valence electrons. The average molecular weight is 272 g/mol. The minimum atomic E-state index is -1.86. The molecule has 1 heterocycles. The maximum atomic E-state index is 5.99. The lowest BCUT2D eigenvalue weighted by Gasteiger charge is -2.21. The Labute approximate surface area is 106 Å². The van der Waals surface area contributed by atoms with Gasteiger partial charge in [0.2, 0.25) is 0 Å². The Morgan fingerprint density at radius 1 is 0.882 bits per heavy atom. The SMILES string of the molecule is CCO[Si](C)(C)c1ccc([Si](C)(C)OCC)o1. The Morgan fingerprint density at radius 3 is 1.53 bits per heavy atom. The second-order valence-corrected chi connectivity index (χ2v) is 12.7. The maximum Gasteiger partial charge on any atom is 0.257 e. The highest BCUT2D eigenvalue weighted by molar-refractivity contribution is 6.85. The maximum absolute atomic E-state index is 5.99. The first-order valence-electron chi connectivity index (χ1n) is 6.22. The van der Waals surface area contributed by atoms with Crippen LogP contribution in [0, 0.1) is 0 Å². The Morgan fingerprint density at radius 2 is 1.24 bits per heavy atom. The molecule has 17 heavy (non-hydrogen) atoms. The Bertz CT molecular complexity index is 326. The second-order valence-electron chi connectivity index (χ2n) is 5.05. The Balaban J connectivity index is 2.91. The molecule has 0 saturated carbocycles. The summed E-state index contributed by atoms with van der Waals surface area (Å²) >= 11 is 0. The van der Waals surface area contributed by atoms with Crippen LogP contribution in [-0.2, 0) is 8.85 Å². The van der Waals surface area contributed by atoms with Crippen molar-refractivity contribution < 1.29 is 13.3 Å². The predicted octanol–water partition coefficient (Wildman–Crippen LogP) is 2.18. The lowest BCUT2D eigenvalue weighted by molar-refractivity contribution is 0.328. The fourth-order valence-electron chi connectivity index (χ4n) is 1.85. The Hall–Kier alpha value is -0.366. The lowest BCUT2D eigenvalue weighted by atomic mass is 10.7. The molecule has 1 rings (SSSR count). The van der Waals surface area contributed by atoms with E-state index in [1.54, 1.807) is 0 Å². The lowest BCUT2D eigenvalue weighted by Crippen LogP contribution is -2.47. The summed E-state index contributed by atoms with van der Waals surface area (Å²) in [7, 11) is -3.72. The van der Waals surface area contributed by atoms with Gasteiger partial charge in [0.15, 0.2) is 0 Å². The van der Waals surface area contributed by atoms with Crippen LogP contribution in [0.4, 0.5) is 0 Å². The molecule has 0 bridgehead atoms. The summed E-state index contributed by atoms with van der Waals surface area (Å²) in [5.41, 5.74) is 0. The largest absolute Gasteiger partial charge is 0.470 e. The zero-order valence-corrected chi connectivity index (χ0v) is 13.8. The zero-order valence-electron chi connectivity index (χ0n) is 11.8. The van der Waals surface area contributed by atoms with Gasteiger partial charge >= 0.3 is 0 Å². The van der Waals surface area contributed by atoms with Crippen molar-refractivity contribution in [1.82, 2.24) is 0 Å². The molecular weight excluding hydrogens is 248 g/mol. The third-order valence-corrected chi connectivity index (χ3v) is 7.73. The average Bonchev–Trinajstić information content (AvgIpc) is 2.67. The van der Waals surface area contributed by atoms with Crippen molar-refractivity contribution in [3.05, 3.63) is 12.1 Å². The highest BCUT2D eigenvalue weighted by atomic mass is 28.4. The molecule has 0 radical (unpaired) electrons. The summed E-state index contributed by atoms with van der Waals surface area (Å²) in [5.74, 6) is 0. The van der Waals surface area contributed by atoms with Gasteiger partial charge < -0.3 is 13.3 Å². The molecule has 0 aliphatic carbocycles. The van der Waals surface area contributed by atoms with Gasteiger partial charge in [0.05, 0.1) is 0 Å². The number of rotatable bonds is 6. The molecule has 0 N–H and O–H groups in total. The van der Waals surface area contributed by atoms with Crippen LogP contribution >= 0.6 is 0 Å². The summed E-state index contributed by atoms with van der Waals surface area (Å²) in [6.07, 6.45) is 0. The van der Waals surface area contributed by atoms with Crippen LogP contribution in [0.2, 0.25) is 26.2 Å². The van der Waals surface area contributed by atoms with Crippen molar-refractivity contribution in [2.75, 3.05) is 13.2 Å². The van der Waals surface area contributed by atoms with Crippen LogP contribution in [0.25, 0.3) is 0 Å². The van der Waals surface area contributed by atoms with Gasteiger partial charge in [-0.1, -0.05) is 0 Å². The molecule has 1 aromatic heterocycles. The first kappa shape index (κ1) is 14.7. The molecule has 0 aliphatic heterocycles. The minimum absolute atomic E-state index is 0.738. The van der Waals surface area contributed by atoms with Crippen molar-refractivity contribution in [1.29, 1.82) is 0 Å². The van der Waals surface area contributed by atoms with Crippen LogP contribution < -0.4 is 10.8 Å². The fraction of sp³-hybridized carbons (Fsp3) is 0.667. The van der Waals surface area contributed by atoms with Crippen LogP contribution in [0.15, 0.2) is 16.5 Å². The van der Waals surface area contributed by atoms with Gasteiger partial charge in [-0.25, -0.2) is 0 Å². The van der Waals surface area contributed by atoms with E-state index in [9.17, 15) is 0 Å². The molecule has 0 aromatic carbocycles. The number of furan rings is 1. The molecule has 0 spiro atoms. The first-order valence-corrected chi connectivity index (χ1v) is 12.0. The normalized spacial score (nSPS) is 13.1. The van der Waals surface area contributed by atoms with Gasteiger partial charge in [-0.15, -0.1) is 0 Å². The highest BCUT2D eigenvalue weighted by Gasteiger charge is 2.34. The summed E-state index contributed by atoms with van der Waals surface area (Å²) < 4.78 is 17.6. The van der Waals surface area contributed by atoms with E-state index in [4.69, 9.17) is 13.3 Å². The van der Waals surface area contributed by atoms with E-state index in [2.05, 4.69) is 38.3 Å². The van der Waals surface area contributed by atoms with E-state index in [0.29, 0.717) is 0 Å². The van der Waals surface area contributed by atoms with Crippen molar-refractivity contribution in [2.45, 2.75) is 40.0 Å². The second kappa shape index (κ2) is 5.52. The van der Waals surface area contributed by atoms with Gasteiger partial charge in [-0.05, 0) is 52.2 Å². The molecular formula is C12H24O3Si2. The van der Waals surface area contributed by atoms with Crippen molar-refractivity contribution in [3.63, 3.8) is 0 Å². The topological polar surface area (TPSA) is 31.6 Å². The van der Waals surface area contributed by atoms with Gasteiger partial charge in [0, 0.05) is 13.2 Å². The van der Waals surface area contributed by atoms with Crippen molar-refractivity contribution in [3.8, 4) is 0 Å². The van der Waals surface area contributed by atoms with Gasteiger partial charge in [-0.2, -0.15) is 0 Å². The first-order chi connectivity index (χ1) is 7.83. The van der Waals surface area contributed by atoms with Crippen molar-refractivity contribution in [2.24, 2.45) is 0 Å².